The number of hydrogen-bond acceptors (Lipinski definition) is 1. The highest BCUT2D eigenvalue weighted by Gasteiger charge is 2.05. The Bertz CT molecular complexity index is 323. The van der Waals surface area contributed by atoms with E-state index in [4.69, 9.17) is 0 Å². The van der Waals surface area contributed by atoms with Gasteiger partial charge in [0, 0.05) is 16.9 Å². The molecule has 1 atom stereocenters. The maximum atomic E-state index is 11.6. The fraction of sp³-hybridized carbons (Fsp3) is 0.364. The van der Waals surface area contributed by atoms with Crippen LogP contribution in [0.3, 0.4) is 0 Å². The van der Waals surface area contributed by atoms with Crippen LogP contribution in [0.1, 0.15) is 22.8 Å². The zero-order valence-corrected chi connectivity index (χ0v) is 9.97. The number of aryl methyl sites for hydroxylation is 1. The third-order valence-electron chi connectivity index (χ3n) is 1.82. The lowest BCUT2D eigenvalue weighted by molar-refractivity contribution is 0.0954. The lowest BCUT2D eigenvalue weighted by atomic mass is 10.1. The van der Waals surface area contributed by atoms with Gasteiger partial charge in [-0.1, -0.05) is 40.5 Å². The van der Waals surface area contributed by atoms with Crippen molar-refractivity contribution in [3.05, 3.63) is 35.4 Å². The predicted octanol–water partition coefficient (Wildman–Crippen LogP) is 2.51. The summed E-state index contributed by atoms with van der Waals surface area (Å²) in [5.74, 6) is -0.0139. The molecule has 1 rings (SSSR count). The molecule has 3 heteroatoms. The fourth-order valence-electron chi connectivity index (χ4n) is 1.12. The molecule has 0 bridgehead atoms. The Morgan fingerprint density at radius 1 is 1.57 bits per heavy atom. The minimum absolute atomic E-state index is 0.0139. The van der Waals surface area contributed by atoms with Crippen LogP contribution in [-0.4, -0.2) is 17.3 Å². The van der Waals surface area contributed by atoms with E-state index in [-0.39, 0.29) is 5.91 Å². The average molecular weight is 256 g/mol. The third-order valence-corrected chi connectivity index (χ3v) is 2.15. The maximum Gasteiger partial charge on any atom is 0.251 e. The van der Waals surface area contributed by atoms with Gasteiger partial charge >= 0.3 is 0 Å². The van der Waals surface area contributed by atoms with Gasteiger partial charge in [0.15, 0.2) is 0 Å². The Kier molecular flexibility index (Phi) is 4.14. The van der Waals surface area contributed by atoms with E-state index >= 15 is 0 Å². The topological polar surface area (TPSA) is 29.1 Å². The Hall–Kier alpha value is -0.830. The van der Waals surface area contributed by atoms with Crippen molar-refractivity contribution in [2.45, 2.75) is 18.7 Å². The number of carbonyl (C=O) groups excluding carboxylic acids is 1. The van der Waals surface area contributed by atoms with Crippen molar-refractivity contribution >= 4 is 21.8 Å². The number of alkyl halides is 1. The molecule has 0 aliphatic heterocycles. The van der Waals surface area contributed by atoms with Gasteiger partial charge in [-0.3, -0.25) is 4.79 Å². The van der Waals surface area contributed by atoms with Crippen LogP contribution < -0.4 is 5.32 Å². The second-order valence-corrected chi connectivity index (χ2v) is 4.92. The summed E-state index contributed by atoms with van der Waals surface area (Å²) >= 11 is 3.38. The van der Waals surface area contributed by atoms with E-state index in [0.29, 0.717) is 11.4 Å². The predicted molar refractivity (Wildman–Crippen MR) is 61.9 cm³/mol. The lowest BCUT2D eigenvalue weighted by Crippen LogP contribution is -2.28. The van der Waals surface area contributed by atoms with Gasteiger partial charge in [0.25, 0.3) is 5.91 Å². The molecule has 0 aromatic heterocycles. The van der Waals surface area contributed by atoms with E-state index in [2.05, 4.69) is 21.2 Å². The lowest BCUT2D eigenvalue weighted by Gasteiger charge is -2.06. The number of carbonyl (C=O) groups is 1. The Morgan fingerprint density at radius 3 is 2.86 bits per heavy atom. The van der Waals surface area contributed by atoms with Crippen molar-refractivity contribution < 1.29 is 4.79 Å². The molecule has 1 aromatic rings. The summed E-state index contributed by atoms with van der Waals surface area (Å²) < 4.78 is 0. The van der Waals surface area contributed by atoms with Gasteiger partial charge in [0.05, 0.1) is 0 Å². The molecular weight excluding hydrogens is 242 g/mol. The highest BCUT2D eigenvalue weighted by Crippen LogP contribution is 2.04. The summed E-state index contributed by atoms with van der Waals surface area (Å²) in [6, 6.07) is 7.57. The smallest absolute Gasteiger partial charge is 0.251 e. The molecule has 0 radical (unpaired) electrons. The Balaban J connectivity index is 2.61. The Labute approximate surface area is 92.8 Å². The van der Waals surface area contributed by atoms with Crippen molar-refractivity contribution in [1.82, 2.24) is 5.32 Å². The van der Waals surface area contributed by atoms with Crippen LogP contribution in [-0.2, 0) is 0 Å². The highest BCUT2D eigenvalue weighted by atomic mass is 79.9. The first kappa shape index (κ1) is 11.2. The molecule has 1 N–H and O–H groups in total. The molecule has 0 heterocycles. The van der Waals surface area contributed by atoms with Crippen LogP contribution in [0.5, 0.6) is 0 Å². The third kappa shape index (κ3) is 3.50. The quantitative estimate of drug-likeness (QED) is 0.827. The molecule has 0 aliphatic rings. The Morgan fingerprint density at radius 2 is 2.29 bits per heavy atom. The molecule has 14 heavy (non-hydrogen) atoms. The molecule has 0 spiro atoms. The van der Waals surface area contributed by atoms with Crippen molar-refractivity contribution in [3.8, 4) is 0 Å². The minimum atomic E-state index is -0.0139. The highest BCUT2D eigenvalue weighted by molar-refractivity contribution is 9.09. The number of benzene rings is 1. The van der Waals surface area contributed by atoms with Crippen LogP contribution in [0.4, 0.5) is 0 Å². The van der Waals surface area contributed by atoms with Crippen molar-refractivity contribution in [1.29, 1.82) is 0 Å². The monoisotopic (exact) mass is 255 g/mol. The van der Waals surface area contributed by atoms with Gasteiger partial charge in [-0.15, -0.1) is 0 Å². The minimum Gasteiger partial charge on any atom is -0.351 e. The molecule has 2 nitrogen and oxygen atoms in total. The first-order valence-electron chi connectivity index (χ1n) is 4.58. The molecule has 0 fully saturated rings. The SMILES string of the molecule is Cc1cccc(C(=O)NCC(C)Br)c1. The van der Waals surface area contributed by atoms with Crippen molar-refractivity contribution in [2.75, 3.05) is 6.54 Å². The summed E-state index contributed by atoms with van der Waals surface area (Å²) in [5, 5.41) is 2.84. The van der Waals surface area contributed by atoms with Crippen LogP contribution in [0.15, 0.2) is 24.3 Å². The van der Waals surface area contributed by atoms with Gasteiger partial charge in [0.1, 0.15) is 0 Å². The molecule has 76 valence electrons. The zero-order valence-electron chi connectivity index (χ0n) is 8.38. The maximum absolute atomic E-state index is 11.6. The molecule has 1 aromatic carbocycles. The van der Waals surface area contributed by atoms with Crippen molar-refractivity contribution in [2.24, 2.45) is 0 Å². The summed E-state index contributed by atoms with van der Waals surface area (Å²) in [6.45, 7) is 4.62. The van der Waals surface area contributed by atoms with Gasteiger partial charge in [-0.05, 0) is 19.1 Å². The van der Waals surface area contributed by atoms with E-state index in [9.17, 15) is 4.79 Å². The number of halogens is 1. The number of hydrogen-bond donors (Lipinski definition) is 1. The summed E-state index contributed by atoms with van der Waals surface area (Å²) in [5.41, 5.74) is 1.82. The summed E-state index contributed by atoms with van der Waals surface area (Å²) in [6.07, 6.45) is 0. The summed E-state index contributed by atoms with van der Waals surface area (Å²) in [4.78, 5) is 11.9. The number of rotatable bonds is 3. The largest absolute Gasteiger partial charge is 0.351 e. The average Bonchev–Trinajstić information content (AvgIpc) is 2.14. The molecule has 0 saturated heterocycles. The second kappa shape index (κ2) is 5.15. The van der Waals surface area contributed by atoms with Crippen LogP contribution >= 0.6 is 15.9 Å². The van der Waals surface area contributed by atoms with Gasteiger partial charge in [-0.2, -0.15) is 0 Å². The first-order chi connectivity index (χ1) is 6.59. The summed E-state index contributed by atoms with van der Waals surface area (Å²) in [7, 11) is 0. The zero-order chi connectivity index (χ0) is 10.6. The number of amides is 1. The standard InChI is InChI=1S/C11H14BrNO/c1-8-4-3-5-10(6-8)11(14)13-7-9(2)12/h3-6,9H,7H2,1-2H3,(H,13,14). The fourth-order valence-corrected chi connectivity index (χ4v) is 1.28. The van der Waals surface area contributed by atoms with Gasteiger partial charge in [-0.25, -0.2) is 0 Å². The molecular formula is C11H14BrNO. The van der Waals surface area contributed by atoms with E-state index < -0.39 is 0 Å². The molecule has 1 unspecified atom stereocenters. The molecule has 0 aliphatic carbocycles. The molecule has 0 saturated carbocycles. The van der Waals surface area contributed by atoms with E-state index in [0.717, 1.165) is 11.1 Å². The van der Waals surface area contributed by atoms with Crippen LogP contribution in [0.25, 0.3) is 0 Å². The van der Waals surface area contributed by atoms with E-state index in [1.54, 1.807) is 0 Å². The van der Waals surface area contributed by atoms with Gasteiger partial charge < -0.3 is 5.32 Å². The molecule has 1 amide bonds. The number of nitrogens with one attached hydrogen (secondary N) is 1. The normalized spacial score (nSPS) is 12.2. The first-order valence-corrected chi connectivity index (χ1v) is 5.50. The van der Waals surface area contributed by atoms with Crippen molar-refractivity contribution in [3.63, 3.8) is 0 Å². The van der Waals surface area contributed by atoms with E-state index in [1.807, 2.05) is 38.1 Å². The van der Waals surface area contributed by atoms with Crippen LogP contribution in [0, 0.1) is 6.92 Å². The van der Waals surface area contributed by atoms with Crippen LogP contribution in [0.2, 0.25) is 0 Å². The van der Waals surface area contributed by atoms with E-state index in [1.165, 1.54) is 0 Å². The second-order valence-electron chi connectivity index (χ2n) is 3.36. The van der Waals surface area contributed by atoms with Gasteiger partial charge in [0.2, 0.25) is 0 Å².